The minimum Gasteiger partial charge on any atom is -0.489 e. The summed E-state index contributed by atoms with van der Waals surface area (Å²) >= 11 is 0. The van der Waals surface area contributed by atoms with Gasteiger partial charge < -0.3 is 14.8 Å². The molecule has 1 aliphatic carbocycles. The summed E-state index contributed by atoms with van der Waals surface area (Å²) in [7, 11) is 0. The van der Waals surface area contributed by atoms with Gasteiger partial charge in [-0.1, -0.05) is 37.3 Å². The molecule has 0 fully saturated rings. The van der Waals surface area contributed by atoms with Crippen LogP contribution in [-0.4, -0.2) is 12.0 Å². The number of halogens is 1. The Morgan fingerprint density at radius 3 is 2.30 bits per heavy atom. The summed E-state index contributed by atoms with van der Waals surface area (Å²) in [5.74, 6) is 1.10. The highest BCUT2D eigenvalue weighted by molar-refractivity contribution is 5.81. The Hall–Kier alpha value is -3.34. The number of ether oxygens (including phenoxy) is 2. The van der Waals surface area contributed by atoms with Gasteiger partial charge in [-0.15, -0.1) is 0 Å². The number of aryl methyl sites for hydroxylation is 2. The Morgan fingerprint density at radius 1 is 0.909 bits per heavy atom. The SMILES string of the molecule is CC[C@H](Oc1ccc2c(c1)CCCC2)C(=O)NCc1ccc(OCc2ccc(F)cc2)cc1. The second-order valence-electron chi connectivity index (χ2n) is 8.43. The first-order valence-corrected chi connectivity index (χ1v) is 11.6. The molecular weight excluding hydrogens is 417 g/mol. The molecule has 0 spiro atoms. The second-order valence-corrected chi connectivity index (χ2v) is 8.43. The minimum atomic E-state index is -0.523. The molecule has 1 N–H and O–H groups in total. The van der Waals surface area contributed by atoms with Crippen molar-refractivity contribution in [1.82, 2.24) is 5.32 Å². The number of carbonyl (C=O) groups is 1. The minimum absolute atomic E-state index is 0.119. The molecule has 0 saturated carbocycles. The van der Waals surface area contributed by atoms with Crippen molar-refractivity contribution in [3.63, 3.8) is 0 Å². The molecule has 0 radical (unpaired) electrons. The van der Waals surface area contributed by atoms with Crippen LogP contribution in [0.2, 0.25) is 0 Å². The first-order valence-electron chi connectivity index (χ1n) is 11.6. The van der Waals surface area contributed by atoms with Crippen LogP contribution in [0.4, 0.5) is 4.39 Å². The molecule has 0 bridgehead atoms. The first-order chi connectivity index (χ1) is 16.1. The standard InChI is InChI=1S/C28H30FNO3/c1-2-27(33-26-16-11-22-5-3-4-6-23(22)17-26)28(31)30-18-20-9-14-25(15-10-20)32-19-21-7-12-24(29)13-8-21/h7-17,27H,2-6,18-19H2,1H3,(H,30,31)/t27-/m0/s1. The van der Waals surface area contributed by atoms with E-state index < -0.39 is 6.10 Å². The summed E-state index contributed by atoms with van der Waals surface area (Å²) < 4.78 is 24.8. The van der Waals surface area contributed by atoms with Gasteiger partial charge in [-0.3, -0.25) is 4.79 Å². The van der Waals surface area contributed by atoms with Gasteiger partial charge in [0.1, 0.15) is 23.9 Å². The van der Waals surface area contributed by atoms with Crippen LogP contribution in [0.25, 0.3) is 0 Å². The van der Waals surface area contributed by atoms with Crippen LogP contribution in [0.15, 0.2) is 66.7 Å². The molecule has 4 nitrogen and oxygen atoms in total. The van der Waals surface area contributed by atoms with Gasteiger partial charge in [0.15, 0.2) is 6.10 Å². The number of benzene rings is 3. The van der Waals surface area contributed by atoms with Gasteiger partial charge in [-0.2, -0.15) is 0 Å². The van der Waals surface area contributed by atoms with Gasteiger partial charge in [0.25, 0.3) is 5.91 Å². The lowest BCUT2D eigenvalue weighted by Crippen LogP contribution is -2.37. The third-order valence-electron chi connectivity index (χ3n) is 5.97. The Kier molecular flexibility index (Phi) is 7.61. The maximum absolute atomic E-state index is 13.0. The number of hydrogen-bond acceptors (Lipinski definition) is 3. The van der Waals surface area contributed by atoms with Crippen molar-refractivity contribution < 1.29 is 18.7 Å². The molecule has 0 saturated heterocycles. The second kappa shape index (κ2) is 11.0. The number of carbonyl (C=O) groups excluding carboxylic acids is 1. The fourth-order valence-electron chi connectivity index (χ4n) is 4.02. The summed E-state index contributed by atoms with van der Waals surface area (Å²) in [4.78, 5) is 12.7. The lowest BCUT2D eigenvalue weighted by molar-refractivity contribution is -0.128. The molecule has 1 amide bonds. The highest BCUT2D eigenvalue weighted by atomic mass is 19.1. The number of nitrogens with one attached hydrogen (secondary N) is 1. The Bertz CT molecular complexity index is 1060. The molecule has 0 aliphatic heterocycles. The normalized spacial score (nSPS) is 13.6. The van der Waals surface area contributed by atoms with Crippen molar-refractivity contribution in [1.29, 1.82) is 0 Å². The van der Waals surface area contributed by atoms with Crippen LogP contribution < -0.4 is 14.8 Å². The molecule has 3 aromatic carbocycles. The number of fused-ring (bicyclic) bond motifs is 1. The van der Waals surface area contributed by atoms with Crippen LogP contribution in [0.3, 0.4) is 0 Å². The first kappa shape index (κ1) is 22.8. The fraction of sp³-hybridized carbons (Fsp3) is 0.321. The summed E-state index contributed by atoms with van der Waals surface area (Å²) in [6, 6.07) is 20.0. The van der Waals surface area contributed by atoms with Crippen LogP contribution >= 0.6 is 0 Å². The smallest absolute Gasteiger partial charge is 0.261 e. The van der Waals surface area contributed by atoms with E-state index in [1.54, 1.807) is 12.1 Å². The molecule has 1 aliphatic rings. The van der Waals surface area contributed by atoms with Gasteiger partial charge in [-0.25, -0.2) is 4.39 Å². The van der Waals surface area contributed by atoms with Crippen LogP contribution in [0.1, 0.15) is 48.4 Å². The van der Waals surface area contributed by atoms with E-state index in [0.29, 0.717) is 19.6 Å². The Balaban J connectivity index is 1.26. The topological polar surface area (TPSA) is 47.6 Å². The summed E-state index contributed by atoms with van der Waals surface area (Å²) in [6.07, 6.45) is 4.74. The number of rotatable bonds is 9. The average molecular weight is 448 g/mol. The van der Waals surface area contributed by atoms with E-state index in [0.717, 1.165) is 35.5 Å². The van der Waals surface area contributed by atoms with E-state index in [1.807, 2.05) is 37.3 Å². The predicted octanol–water partition coefficient (Wildman–Crippen LogP) is 5.76. The Labute approximate surface area is 194 Å². The molecule has 33 heavy (non-hydrogen) atoms. The highest BCUT2D eigenvalue weighted by Gasteiger charge is 2.19. The zero-order valence-electron chi connectivity index (χ0n) is 19.0. The number of hydrogen-bond donors (Lipinski definition) is 1. The van der Waals surface area contributed by atoms with Crippen LogP contribution in [-0.2, 0) is 30.8 Å². The van der Waals surface area contributed by atoms with Gasteiger partial charge >= 0.3 is 0 Å². The van der Waals surface area contributed by atoms with Crippen molar-refractivity contribution in [2.24, 2.45) is 0 Å². The van der Waals surface area contributed by atoms with Crippen molar-refractivity contribution in [2.45, 2.75) is 58.3 Å². The molecule has 3 aromatic rings. The van der Waals surface area contributed by atoms with E-state index in [1.165, 1.54) is 36.1 Å². The monoisotopic (exact) mass is 447 g/mol. The quantitative estimate of drug-likeness (QED) is 0.454. The molecule has 0 aromatic heterocycles. The lowest BCUT2D eigenvalue weighted by Gasteiger charge is -2.20. The van der Waals surface area contributed by atoms with E-state index in [4.69, 9.17) is 9.47 Å². The zero-order chi connectivity index (χ0) is 23.0. The summed E-state index contributed by atoms with van der Waals surface area (Å²) in [5.41, 5.74) is 4.62. The summed E-state index contributed by atoms with van der Waals surface area (Å²) in [5, 5.41) is 2.97. The largest absolute Gasteiger partial charge is 0.489 e. The van der Waals surface area contributed by atoms with Gasteiger partial charge in [0.05, 0.1) is 0 Å². The van der Waals surface area contributed by atoms with Gasteiger partial charge in [-0.05, 0) is 90.8 Å². The van der Waals surface area contributed by atoms with Crippen LogP contribution in [0.5, 0.6) is 11.5 Å². The number of amides is 1. The lowest BCUT2D eigenvalue weighted by atomic mass is 9.92. The fourth-order valence-corrected chi connectivity index (χ4v) is 4.02. The molecule has 172 valence electrons. The van der Waals surface area contributed by atoms with E-state index >= 15 is 0 Å². The van der Waals surface area contributed by atoms with Crippen molar-refractivity contribution in [2.75, 3.05) is 0 Å². The van der Waals surface area contributed by atoms with E-state index in [2.05, 4.69) is 17.4 Å². The predicted molar refractivity (Wildman–Crippen MR) is 127 cm³/mol. The summed E-state index contributed by atoms with van der Waals surface area (Å²) in [6.45, 7) is 2.74. The molecule has 0 unspecified atom stereocenters. The third-order valence-corrected chi connectivity index (χ3v) is 5.97. The maximum atomic E-state index is 13.0. The molecule has 0 heterocycles. The molecule has 4 rings (SSSR count). The third kappa shape index (κ3) is 6.35. The van der Waals surface area contributed by atoms with E-state index in [9.17, 15) is 9.18 Å². The maximum Gasteiger partial charge on any atom is 0.261 e. The van der Waals surface area contributed by atoms with Gasteiger partial charge in [0.2, 0.25) is 0 Å². The Morgan fingerprint density at radius 2 is 1.58 bits per heavy atom. The molecule has 5 heteroatoms. The van der Waals surface area contributed by atoms with Gasteiger partial charge in [0, 0.05) is 6.54 Å². The van der Waals surface area contributed by atoms with E-state index in [-0.39, 0.29) is 11.7 Å². The zero-order valence-corrected chi connectivity index (χ0v) is 19.0. The molecular formula is C28H30FNO3. The highest BCUT2D eigenvalue weighted by Crippen LogP contribution is 2.26. The average Bonchev–Trinajstić information content (AvgIpc) is 2.86. The van der Waals surface area contributed by atoms with Crippen molar-refractivity contribution >= 4 is 5.91 Å². The van der Waals surface area contributed by atoms with Crippen molar-refractivity contribution in [3.05, 3.63) is 94.8 Å². The van der Waals surface area contributed by atoms with Crippen molar-refractivity contribution in [3.8, 4) is 11.5 Å². The van der Waals surface area contributed by atoms with Crippen LogP contribution in [0, 0.1) is 5.82 Å². The molecule has 1 atom stereocenters.